The molecule has 0 saturated heterocycles. The zero-order chi connectivity index (χ0) is 14.4. The Morgan fingerprint density at radius 3 is 2.15 bits per heavy atom. The highest BCUT2D eigenvalue weighted by atomic mass is 32.1. The monoisotopic (exact) mass is 287 g/mol. The standard InChI is InChI=1S/C18H25NS/c1-4-14-9-11-15(12-10-14)16(5-2)19-17(6-3)18-8-7-13-20-18/h7-13,16-17,19H,4-6H2,1-3H3. The molecule has 0 aliphatic heterocycles. The van der Waals surface area contributed by atoms with Gasteiger partial charge in [0.15, 0.2) is 0 Å². The first kappa shape index (κ1) is 15.3. The van der Waals surface area contributed by atoms with E-state index in [1.807, 2.05) is 11.3 Å². The molecular formula is C18H25NS. The van der Waals surface area contributed by atoms with Crippen molar-refractivity contribution in [1.82, 2.24) is 5.32 Å². The van der Waals surface area contributed by atoms with Crippen molar-refractivity contribution in [3.63, 3.8) is 0 Å². The predicted molar refractivity (Wildman–Crippen MR) is 89.3 cm³/mol. The Morgan fingerprint density at radius 1 is 0.950 bits per heavy atom. The van der Waals surface area contributed by atoms with Crippen LogP contribution in [0.5, 0.6) is 0 Å². The third kappa shape index (κ3) is 3.71. The minimum Gasteiger partial charge on any atom is -0.302 e. The van der Waals surface area contributed by atoms with E-state index in [-0.39, 0.29) is 0 Å². The molecule has 1 aromatic carbocycles. The van der Waals surface area contributed by atoms with Crippen LogP contribution in [-0.4, -0.2) is 0 Å². The van der Waals surface area contributed by atoms with Gasteiger partial charge in [-0.15, -0.1) is 11.3 Å². The van der Waals surface area contributed by atoms with Crippen LogP contribution in [0, 0.1) is 0 Å². The molecule has 20 heavy (non-hydrogen) atoms. The molecule has 2 aromatic rings. The molecule has 0 aliphatic rings. The van der Waals surface area contributed by atoms with E-state index in [1.165, 1.54) is 16.0 Å². The molecule has 2 unspecified atom stereocenters. The smallest absolute Gasteiger partial charge is 0.0417 e. The normalized spacial score (nSPS) is 14.2. The Morgan fingerprint density at radius 2 is 1.65 bits per heavy atom. The van der Waals surface area contributed by atoms with Crippen molar-refractivity contribution in [2.45, 2.75) is 52.1 Å². The van der Waals surface area contributed by atoms with Gasteiger partial charge in [-0.1, -0.05) is 51.1 Å². The van der Waals surface area contributed by atoms with Gasteiger partial charge in [0.25, 0.3) is 0 Å². The van der Waals surface area contributed by atoms with Gasteiger partial charge in [0, 0.05) is 17.0 Å². The first-order valence-corrected chi connectivity index (χ1v) is 8.54. The van der Waals surface area contributed by atoms with Crippen LogP contribution in [0.3, 0.4) is 0 Å². The minimum atomic E-state index is 0.438. The molecule has 2 heteroatoms. The number of hydrogen-bond acceptors (Lipinski definition) is 2. The fourth-order valence-corrected chi connectivity index (χ4v) is 3.44. The maximum Gasteiger partial charge on any atom is 0.0417 e. The number of hydrogen-bond donors (Lipinski definition) is 1. The van der Waals surface area contributed by atoms with Crippen LogP contribution >= 0.6 is 11.3 Å². The summed E-state index contributed by atoms with van der Waals surface area (Å²) >= 11 is 1.85. The van der Waals surface area contributed by atoms with Crippen LogP contribution in [0.25, 0.3) is 0 Å². The zero-order valence-corrected chi connectivity index (χ0v) is 13.5. The largest absolute Gasteiger partial charge is 0.302 e. The van der Waals surface area contributed by atoms with E-state index < -0.39 is 0 Å². The summed E-state index contributed by atoms with van der Waals surface area (Å²) in [7, 11) is 0. The molecule has 1 nitrogen and oxygen atoms in total. The molecule has 1 aromatic heterocycles. The summed E-state index contributed by atoms with van der Waals surface area (Å²) in [4.78, 5) is 1.44. The van der Waals surface area contributed by atoms with Crippen LogP contribution in [0.15, 0.2) is 41.8 Å². The van der Waals surface area contributed by atoms with Crippen LogP contribution in [-0.2, 0) is 6.42 Å². The van der Waals surface area contributed by atoms with Gasteiger partial charge in [0.1, 0.15) is 0 Å². The topological polar surface area (TPSA) is 12.0 Å². The molecule has 0 aliphatic carbocycles. The van der Waals surface area contributed by atoms with E-state index in [0.29, 0.717) is 12.1 Å². The van der Waals surface area contributed by atoms with Crippen molar-refractivity contribution in [3.05, 3.63) is 57.8 Å². The summed E-state index contributed by atoms with van der Waals surface area (Å²) < 4.78 is 0. The summed E-state index contributed by atoms with van der Waals surface area (Å²) in [5.74, 6) is 0. The number of benzene rings is 1. The van der Waals surface area contributed by atoms with Gasteiger partial charge in [0.05, 0.1) is 0 Å². The summed E-state index contributed by atoms with van der Waals surface area (Å²) in [6.07, 6.45) is 3.36. The van der Waals surface area contributed by atoms with E-state index in [0.717, 1.165) is 19.3 Å². The molecule has 1 heterocycles. The van der Waals surface area contributed by atoms with E-state index in [9.17, 15) is 0 Å². The van der Waals surface area contributed by atoms with Crippen LogP contribution < -0.4 is 5.32 Å². The highest BCUT2D eigenvalue weighted by Crippen LogP contribution is 2.27. The predicted octanol–water partition coefficient (Wildman–Crippen LogP) is 5.50. The Bertz CT molecular complexity index is 487. The maximum atomic E-state index is 3.82. The number of thiophene rings is 1. The number of rotatable bonds is 7. The van der Waals surface area contributed by atoms with Crippen LogP contribution in [0.4, 0.5) is 0 Å². The molecule has 0 bridgehead atoms. The Kier molecular flexibility index (Phi) is 5.81. The van der Waals surface area contributed by atoms with Crippen molar-refractivity contribution in [2.24, 2.45) is 0 Å². The van der Waals surface area contributed by atoms with E-state index >= 15 is 0 Å². The fourth-order valence-electron chi connectivity index (χ4n) is 2.57. The lowest BCUT2D eigenvalue weighted by Crippen LogP contribution is -2.25. The van der Waals surface area contributed by atoms with Gasteiger partial charge in [0.2, 0.25) is 0 Å². The lowest BCUT2D eigenvalue weighted by molar-refractivity contribution is 0.430. The van der Waals surface area contributed by atoms with Crippen LogP contribution in [0.2, 0.25) is 0 Å². The lowest BCUT2D eigenvalue weighted by Gasteiger charge is -2.24. The first-order valence-electron chi connectivity index (χ1n) is 7.66. The zero-order valence-electron chi connectivity index (χ0n) is 12.7. The third-order valence-electron chi connectivity index (χ3n) is 3.90. The summed E-state index contributed by atoms with van der Waals surface area (Å²) in [6.45, 7) is 6.71. The van der Waals surface area contributed by atoms with Gasteiger partial charge in [-0.3, -0.25) is 0 Å². The number of aryl methyl sites for hydroxylation is 1. The molecule has 2 rings (SSSR count). The second kappa shape index (κ2) is 7.61. The van der Waals surface area contributed by atoms with Gasteiger partial charge < -0.3 is 5.32 Å². The maximum absolute atomic E-state index is 3.82. The van der Waals surface area contributed by atoms with Crippen molar-refractivity contribution in [2.75, 3.05) is 0 Å². The highest BCUT2D eigenvalue weighted by Gasteiger charge is 2.16. The summed E-state index contributed by atoms with van der Waals surface area (Å²) in [6, 6.07) is 14.3. The number of nitrogens with one attached hydrogen (secondary N) is 1. The molecule has 0 radical (unpaired) electrons. The van der Waals surface area contributed by atoms with Gasteiger partial charge >= 0.3 is 0 Å². The quantitative estimate of drug-likeness (QED) is 0.708. The van der Waals surface area contributed by atoms with E-state index in [2.05, 4.69) is 67.9 Å². The van der Waals surface area contributed by atoms with Crippen LogP contribution in [0.1, 0.15) is 61.7 Å². The Labute approximate surface area is 127 Å². The SMILES string of the molecule is CCc1ccc(C(CC)NC(CC)c2cccs2)cc1. The van der Waals surface area contributed by atoms with E-state index in [4.69, 9.17) is 0 Å². The molecule has 0 fully saturated rings. The van der Waals surface area contributed by atoms with Gasteiger partial charge in [-0.25, -0.2) is 0 Å². The molecule has 0 amide bonds. The molecule has 0 saturated carbocycles. The van der Waals surface area contributed by atoms with Gasteiger partial charge in [-0.2, -0.15) is 0 Å². The molecule has 0 spiro atoms. The first-order chi connectivity index (χ1) is 9.78. The van der Waals surface area contributed by atoms with Crippen molar-refractivity contribution in [1.29, 1.82) is 0 Å². The molecule has 108 valence electrons. The Hall–Kier alpha value is -1.12. The molecule has 1 N–H and O–H groups in total. The van der Waals surface area contributed by atoms with Gasteiger partial charge in [-0.05, 0) is 41.8 Å². The Balaban J connectivity index is 2.10. The van der Waals surface area contributed by atoms with Crippen molar-refractivity contribution < 1.29 is 0 Å². The average Bonchev–Trinajstić information content (AvgIpc) is 3.03. The minimum absolute atomic E-state index is 0.438. The lowest BCUT2D eigenvalue weighted by atomic mass is 10.0. The highest BCUT2D eigenvalue weighted by molar-refractivity contribution is 7.10. The second-order valence-corrected chi connectivity index (χ2v) is 6.18. The molecule has 2 atom stereocenters. The van der Waals surface area contributed by atoms with Crippen molar-refractivity contribution in [3.8, 4) is 0 Å². The molecular weight excluding hydrogens is 262 g/mol. The summed E-state index contributed by atoms with van der Waals surface area (Å²) in [5.41, 5.74) is 2.81. The third-order valence-corrected chi connectivity index (χ3v) is 4.88. The average molecular weight is 287 g/mol. The summed E-state index contributed by atoms with van der Waals surface area (Å²) in [5, 5.41) is 5.98. The van der Waals surface area contributed by atoms with E-state index in [1.54, 1.807) is 0 Å². The van der Waals surface area contributed by atoms with Crippen molar-refractivity contribution >= 4 is 11.3 Å². The fraction of sp³-hybridized carbons (Fsp3) is 0.444. The second-order valence-electron chi connectivity index (χ2n) is 5.20.